The largest absolute Gasteiger partial charge is 0.493 e. The number of nitrogens with one attached hydrogen (secondary N) is 1. The number of carbonyl (C=O) groups excluding carboxylic acids is 1. The van der Waals surface area contributed by atoms with E-state index >= 15 is 0 Å². The van der Waals surface area contributed by atoms with Crippen LogP contribution in [0.4, 0.5) is 5.13 Å². The maximum atomic E-state index is 11.5. The van der Waals surface area contributed by atoms with Gasteiger partial charge in [-0.05, 0) is 25.5 Å². The summed E-state index contributed by atoms with van der Waals surface area (Å²) in [6.45, 7) is 4.87. The van der Waals surface area contributed by atoms with Crippen molar-refractivity contribution < 1.29 is 19.0 Å². The van der Waals surface area contributed by atoms with E-state index in [1.54, 1.807) is 25.6 Å². The molecule has 8 heteroatoms. The molecule has 0 spiro atoms. The molecule has 0 saturated carbocycles. The predicted molar refractivity (Wildman–Crippen MR) is 107 cm³/mol. The Morgan fingerprint density at radius 3 is 2.96 bits per heavy atom. The fraction of sp³-hybridized carbons (Fsp3) is 0.421. The van der Waals surface area contributed by atoms with E-state index in [-0.39, 0.29) is 12.4 Å². The van der Waals surface area contributed by atoms with Crippen molar-refractivity contribution >= 4 is 28.7 Å². The molecule has 0 bridgehead atoms. The number of benzene rings is 1. The number of unbranched alkanes of at least 4 members (excludes halogenated alkanes) is 1. The number of hydrogen-bond acceptors (Lipinski definition) is 8. The molecule has 0 aliphatic carbocycles. The van der Waals surface area contributed by atoms with Crippen LogP contribution in [0.1, 0.15) is 37.9 Å². The van der Waals surface area contributed by atoms with Crippen LogP contribution in [0.15, 0.2) is 28.7 Å². The lowest BCUT2D eigenvalue weighted by molar-refractivity contribution is -0.142. The normalized spacial score (nSPS) is 10.8. The van der Waals surface area contributed by atoms with Crippen LogP contribution in [0.5, 0.6) is 11.5 Å². The second kappa shape index (κ2) is 11.2. The lowest BCUT2D eigenvalue weighted by Gasteiger charge is -2.12. The minimum absolute atomic E-state index is 0.154. The number of aromatic nitrogens is 1. The van der Waals surface area contributed by atoms with E-state index in [2.05, 4.69) is 22.4 Å². The molecule has 2 rings (SSSR count). The van der Waals surface area contributed by atoms with Crippen molar-refractivity contribution in [2.45, 2.75) is 33.1 Å². The van der Waals surface area contributed by atoms with Crippen molar-refractivity contribution in [2.24, 2.45) is 5.10 Å². The highest BCUT2D eigenvalue weighted by molar-refractivity contribution is 7.13. The van der Waals surface area contributed by atoms with Gasteiger partial charge in [-0.1, -0.05) is 19.4 Å². The molecule has 0 radical (unpaired) electrons. The van der Waals surface area contributed by atoms with Crippen LogP contribution in [0.25, 0.3) is 0 Å². The quantitative estimate of drug-likeness (QED) is 0.271. The lowest BCUT2D eigenvalue weighted by Crippen LogP contribution is -2.07. The monoisotopic (exact) mass is 391 g/mol. The van der Waals surface area contributed by atoms with E-state index in [0.29, 0.717) is 35.5 Å². The Hall–Kier alpha value is -2.61. The summed E-state index contributed by atoms with van der Waals surface area (Å²) in [5.41, 5.74) is 4.34. The number of nitrogens with zero attached hydrogens (tertiary/aromatic N) is 2. The number of carbonyl (C=O) groups is 1. The van der Waals surface area contributed by atoms with E-state index < -0.39 is 0 Å². The first-order chi connectivity index (χ1) is 13.2. The standard InChI is InChI=1S/C19H25N3O4S/c1-4-6-10-26-18-14(8-7-9-16(18)24-3)12-20-22-19-21-15(13-27-19)11-17(23)25-5-2/h7-9,12-13H,4-6,10-11H2,1-3H3,(H,21,22). The Balaban J connectivity index is 2.01. The van der Waals surface area contributed by atoms with Crippen LogP contribution in [0.3, 0.4) is 0 Å². The number of rotatable bonds is 11. The molecule has 0 atom stereocenters. The first kappa shape index (κ1) is 20.7. The second-order valence-corrected chi connectivity index (χ2v) is 6.43. The van der Waals surface area contributed by atoms with E-state index in [0.717, 1.165) is 18.4 Å². The zero-order valence-corrected chi connectivity index (χ0v) is 16.7. The fourth-order valence-corrected chi connectivity index (χ4v) is 2.88. The van der Waals surface area contributed by atoms with Gasteiger partial charge in [-0.3, -0.25) is 10.2 Å². The number of hydrazone groups is 1. The zero-order valence-electron chi connectivity index (χ0n) is 15.9. The van der Waals surface area contributed by atoms with Gasteiger partial charge in [0.05, 0.1) is 38.7 Å². The molecule has 7 nitrogen and oxygen atoms in total. The predicted octanol–water partition coefficient (Wildman–Crippen LogP) is 3.88. The van der Waals surface area contributed by atoms with E-state index in [1.165, 1.54) is 11.3 Å². The molecule has 1 heterocycles. The van der Waals surface area contributed by atoms with Crippen molar-refractivity contribution in [2.75, 3.05) is 25.7 Å². The van der Waals surface area contributed by atoms with Crippen LogP contribution >= 0.6 is 11.3 Å². The number of esters is 1. The van der Waals surface area contributed by atoms with Gasteiger partial charge in [0.15, 0.2) is 11.5 Å². The summed E-state index contributed by atoms with van der Waals surface area (Å²) >= 11 is 1.37. The number of methoxy groups -OCH3 is 1. The Kier molecular flexibility index (Phi) is 8.57. The molecule has 0 aliphatic rings. The van der Waals surface area contributed by atoms with Gasteiger partial charge < -0.3 is 14.2 Å². The Morgan fingerprint density at radius 2 is 2.22 bits per heavy atom. The molecule has 1 aromatic heterocycles. The SMILES string of the molecule is CCCCOc1c(C=NNc2nc(CC(=O)OCC)cs2)cccc1OC. The van der Waals surface area contributed by atoms with Gasteiger partial charge >= 0.3 is 5.97 Å². The molecule has 0 amide bonds. The maximum absolute atomic E-state index is 11.5. The summed E-state index contributed by atoms with van der Waals surface area (Å²) < 4.78 is 16.2. The lowest BCUT2D eigenvalue weighted by atomic mass is 10.2. The number of anilines is 1. The molecule has 146 valence electrons. The van der Waals surface area contributed by atoms with Crippen LogP contribution in [-0.2, 0) is 16.0 Å². The van der Waals surface area contributed by atoms with Gasteiger partial charge in [0.2, 0.25) is 5.13 Å². The highest BCUT2D eigenvalue weighted by Crippen LogP contribution is 2.30. The van der Waals surface area contributed by atoms with Gasteiger partial charge in [0, 0.05) is 10.9 Å². The fourth-order valence-electron chi connectivity index (χ4n) is 2.22. The third-order valence-electron chi connectivity index (χ3n) is 3.52. The van der Waals surface area contributed by atoms with Crippen LogP contribution in [-0.4, -0.2) is 37.5 Å². The van der Waals surface area contributed by atoms with Crippen molar-refractivity contribution in [3.8, 4) is 11.5 Å². The molecule has 1 N–H and O–H groups in total. The highest BCUT2D eigenvalue weighted by atomic mass is 32.1. The van der Waals surface area contributed by atoms with Crippen molar-refractivity contribution in [3.05, 3.63) is 34.8 Å². The Morgan fingerprint density at radius 1 is 1.37 bits per heavy atom. The maximum Gasteiger partial charge on any atom is 0.311 e. The van der Waals surface area contributed by atoms with Gasteiger partial charge in [-0.2, -0.15) is 5.10 Å². The van der Waals surface area contributed by atoms with E-state index in [4.69, 9.17) is 14.2 Å². The summed E-state index contributed by atoms with van der Waals surface area (Å²) in [6.07, 6.45) is 3.84. The van der Waals surface area contributed by atoms with Crippen molar-refractivity contribution in [1.82, 2.24) is 4.98 Å². The van der Waals surface area contributed by atoms with Crippen LogP contribution in [0.2, 0.25) is 0 Å². The summed E-state index contributed by atoms with van der Waals surface area (Å²) in [4.78, 5) is 15.8. The summed E-state index contributed by atoms with van der Waals surface area (Å²) in [5, 5.41) is 6.63. The molecule has 0 fully saturated rings. The molecule has 2 aromatic rings. The zero-order chi connectivity index (χ0) is 19.5. The Bertz CT molecular complexity index is 761. The van der Waals surface area contributed by atoms with Gasteiger partial charge in [0.25, 0.3) is 0 Å². The summed E-state index contributed by atoms with van der Waals surface area (Å²) in [7, 11) is 1.61. The number of hydrogen-bond donors (Lipinski definition) is 1. The number of ether oxygens (including phenoxy) is 3. The molecular weight excluding hydrogens is 366 g/mol. The van der Waals surface area contributed by atoms with Crippen LogP contribution < -0.4 is 14.9 Å². The second-order valence-electron chi connectivity index (χ2n) is 5.58. The molecule has 1 aromatic carbocycles. The van der Waals surface area contributed by atoms with Crippen molar-refractivity contribution in [1.29, 1.82) is 0 Å². The summed E-state index contributed by atoms with van der Waals surface area (Å²) in [5.74, 6) is 1.05. The number of para-hydroxylation sites is 1. The third-order valence-corrected chi connectivity index (χ3v) is 4.32. The number of thiazole rings is 1. The van der Waals surface area contributed by atoms with Gasteiger partial charge in [-0.15, -0.1) is 11.3 Å². The third kappa shape index (κ3) is 6.56. The van der Waals surface area contributed by atoms with E-state index in [9.17, 15) is 4.79 Å². The average molecular weight is 391 g/mol. The smallest absolute Gasteiger partial charge is 0.311 e. The molecule has 0 aliphatic heterocycles. The summed E-state index contributed by atoms with van der Waals surface area (Å²) in [6, 6.07) is 5.64. The topological polar surface area (TPSA) is 82.0 Å². The highest BCUT2D eigenvalue weighted by Gasteiger charge is 2.10. The van der Waals surface area contributed by atoms with Gasteiger partial charge in [0.1, 0.15) is 0 Å². The first-order valence-electron chi connectivity index (χ1n) is 8.86. The first-order valence-corrected chi connectivity index (χ1v) is 9.74. The molecular formula is C19H25N3O4S. The van der Waals surface area contributed by atoms with Crippen LogP contribution in [0, 0.1) is 0 Å². The van der Waals surface area contributed by atoms with E-state index in [1.807, 2.05) is 18.2 Å². The average Bonchev–Trinajstić information content (AvgIpc) is 3.10. The molecule has 0 saturated heterocycles. The minimum Gasteiger partial charge on any atom is -0.493 e. The van der Waals surface area contributed by atoms with Crippen molar-refractivity contribution in [3.63, 3.8) is 0 Å². The Labute approximate surface area is 163 Å². The molecule has 27 heavy (non-hydrogen) atoms. The van der Waals surface area contributed by atoms with Gasteiger partial charge in [-0.25, -0.2) is 4.98 Å². The minimum atomic E-state index is -0.289. The molecule has 0 unspecified atom stereocenters.